The van der Waals surface area contributed by atoms with Crippen molar-refractivity contribution in [3.63, 3.8) is 0 Å². The Labute approximate surface area is 249 Å². The first kappa shape index (κ1) is 31.8. The first-order valence-electron chi connectivity index (χ1n) is 15.8. The molecule has 0 nitrogen and oxygen atoms in total. The van der Waals surface area contributed by atoms with Crippen molar-refractivity contribution in [3.8, 4) is 22.3 Å². The second-order valence-corrected chi connectivity index (χ2v) is 11.7. The lowest BCUT2D eigenvalue weighted by atomic mass is 9.83. The minimum atomic E-state index is -0.886. The maximum atomic E-state index is 15.3. The lowest BCUT2D eigenvalue weighted by Crippen LogP contribution is -2.07. The van der Waals surface area contributed by atoms with E-state index < -0.39 is 23.3 Å². The van der Waals surface area contributed by atoms with E-state index in [-0.39, 0.29) is 11.1 Å². The summed E-state index contributed by atoms with van der Waals surface area (Å²) >= 11 is 0. The van der Waals surface area contributed by atoms with Crippen LogP contribution < -0.4 is 0 Å². The Morgan fingerprint density at radius 3 is 1.88 bits per heavy atom. The molecule has 1 aliphatic rings. The van der Waals surface area contributed by atoms with Crippen LogP contribution >= 0.6 is 0 Å². The van der Waals surface area contributed by atoms with Crippen LogP contribution in [0.4, 0.5) is 17.6 Å². The average molecular weight is 577 g/mol. The summed E-state index contributed by atoms with van der Waals surface area (Å²) in [6, 6.07) is 13.1. The zero-order valence-electron chi connectivity index (χ0n) is 25.1. The zero-order valence-corrected chi connectivity index (χ0v) is 25.1. The number of allylic oxidation sites excluding steroid dienone is 4. The fourth-order valence-corrected chi connectivity index (χ4v) is 6.02. The third-order valence-corrected chi connectivity index (χ3v) is 8.64. The molecule has 0 bridgehead atoms. The predicted octanol–water partition coefficient (Wildman–Crippen LogP) is 12.4. The van der Waals surface area contributed by atoms with Gasteiger partial charge in [0.25, 0.3) is 0 Å². The summed E-state index contributed by atoms with van der Waals surface area (Å²) in [5.74, 6) is -2.81. The van der Waals surface area contributed by atoms with Gasteiger partial charge < -0.3 is 0 Å². The van der Waals surface area contributed by atoms with Crippen molar-refractivity contribution in [3.05, 3.63) is 101 Å². The maximum absolute atomic E-state index is 15.3. The Balaban J connectivity index is 1.42. The van der Waals surface area contributed by atoms with Crippen molar-refractivity contribution in [2.75, 3.05) is 0 Å². The SMILES string of the molecule is C/C=C/CCC1CC=C(c2ccc(-c3ccc(-c4ccc(CCCCCCCCC)c(F)c4F)cc3)c(F)c2F)CC1. The number of hydrogen-bond donors (Lipinski definition) is 0. The van der Waals surface area contributed by atoms with Gasteiger partial charge in [-0.3, -0.25) is 0 Å². The lowest BCUT2D eigenvalue weighted by Gasteiger charge is -2.22. The van der Waals surface area contributed by atoms with E-state index in [0.29, 0.717) is 34.6 Å². The van der Waals surface area contributed by atoms with Crippen molar-refractivity contribution >= 4 is 5.57 Å². The summed E-state index contributed by atoms with van der Waals surface area (Å²) in [7, 11) is 0. The fourth-order valence-electron chi connectivity index (χ4n) is 6.02. The average Bonchev–Trinajstić information content (AvgIpc) is 3.01. The highest BCUT2D eigenvalue weighted by atomic mass is 19.2. The smallest absolute Gasteiger partial charge is 0.167 e. The second kappa shape index (κ2) is 15.9. The van der Waals surface area contributed by atoms with E-state index in [2.05, 4.69) is 25.2 Å². The number of rotatable bonds is 14. The van der Waals surface area contributed by atoms with E-state index >= 15 is 13.2 Å². The van der Waals surface area contributed by atoms with Crippen molar-refractivity contribution in [2.45, 2.75) is 97.3 Å². The molecule has 3 aromatic carbocycles. The Kier molecular flexibility index (Phi) is 12.0. The van der Waals surface area contributed by atoms with Crippen LogP contribution in [0, 0.1) is 29.2 Å². The van der Waals surface area contributed by atoms with Gasteiger partial charge in [0.1, 0.15) is 0 Å². The Hall–Kier alpha value is -3.14. The molecule has 0 saturated carbocycles. The maximum Gasteiger partial charge on any atom is 0.167 e. The molecule has 1 aliphatic carbocycles. The zero-order chi connectivity index (χ0) is 29.9. The first-order chi connectivity index (χ1) is 20.4. The standard InChI is InChI=1S/C38H44F4/c1-3-5-7-8-9-10-12-14-31-23-24-32(36(40)35(31)39)29-19-21-30(22-20-29)34-26-25-33(37(41)38(34)42)28-17-15-27(16-18-28)13-11-6-4-2/h4,6,17,19-27H,3,5,7-16,18H2,1-2H3/b6-4+. The summed E-state index contributed by atoms with van der Waals surface area (Å²) < 4.78 is 60.4. The van der Waals surface area contributed by atoms with Crippen molar-refractivity contribution < 1.29 is 17.6 Å². The van der Waals surface area contributed by atoms with Gasteiger partial charge in [0.2, 0.25) is 0 Å². The van der Waals surface area contributed by atoms with Gasteiger partial charge in [0, 0.05) is 16.7 Å². The van der Waals surface area contributed by atoms with Crippen LogP contribution in [0.15, 0.2) is 66.8 Å². The molecule has 0 saturated heterocycles. The molecule has 0 aliphatic heterocycles. The van der Waals surface area contributed by atoms with Gasteiger partial charge in [-0.2, -0.15) is 0 Å². The number of halogens is 4. The van der Waals surface area contributed by atoms with E-state index in [9.17, 15) is 4.39 Å². The number of hydrogen-bond acceptors (Lipinski definition) is 0. The molecule has 0 amide bonds. The lowest BCUT2D eigenvalue weighted by molar-refractivity contribution is 0.452. The van der Waals surface area contributed by atoms with Crippen molar-refractivity contribution in [1.82, 2.24) is 0 Å². The summed E-state index contributed by atoms with van der Waals surface area (Å²) in [4.78, 5) is 0. The van der Waals surface area contributed by atoms with E-state index in [4.69, 9.17) is 0 Å². The van der Waals surface area contributed by atoms with E-state index in [1.807, 2.05) is 6.92 Å². The topological polar surface area (TPSA) is 0 Å². The molecular weight excluding hydrogens is 532 g/mol. The summed E-state index contributed by atoms with van der Waals surface area (Å²) in [6.45, 7) is 4.21. The fraction of sp³-hybridized carbons (Fsp3) is 0.421. The van der Waals surface area contributed by atoms with Crippen LogP contribution in [-0.2, 0) is 6.42 Å². The molecule has 42 heavy (non-hydrogen) atoms. The van der Waals surface area contributed by atoms with Crippen LogP contribution in [-0.4, -0.2) is 0 Å². The molecule has 0 N–H and O–H groups in total. The van der Waals surface area contributed by atoms with Crippen LogP contribution in [0.1, 0.15) is 102 Å². The molecule has 0 heterocycles. The van der Waals surface area contributed by atoms with E-state index in [0.717, 1.165) is 56.9 Å². The second-order valence-electron chi connectivity index (χ2n) is 11.7. The van der Waals surface area contributed by atoms with Crippen LogP contribution in [0.3, 0.4) is 0 Å². The molecule has 224 valence electrons. The highest BCUT2D eigenvalue weighted by Gasteiger charge is 2.21. The van der Waals surface area contributed by atoms with Crippen LogP contribution in [0.25, 0.3) is 27.8 Å². The van der Waals surface area contributed by atoms with Crippen molar-refractivity contribution in [1.29, 1.82) is 0 Å². The predicted molar refractivity (Wildman–Crippen MR) is 168 cm³/mol. The first-order valence-corrected chi connectivity index (χ1v) is 15.8. The summed E-state index contributed by atoms with van der Waals surface area (Å²) in [5.41, 5.74) is 2.89. The molecule has 4 heteroatoms. The van der Waals surface area contributed by atoms with Gasteiger partial charge in [0.15, 0.2) is 23.3 Å². The number of unbranched alkanes of at least 4 members (excludes halogenated alkanes) is 6. The Morgan fingerprint density at radius 2 is 1.26 bits per heavy atom. The third kappa shape index (κ3) is 8.02. The largest absolute Gasteiger partial charge is 0.203 e. The third-order valence-electron chi connectivity index (χ3n) is 8.64. The monoisotopic (exact) mass is 576 g/mol. The summed E-state index contributed by atoms with van der Waals surface area (Å²) in [6.07, 6.45) is 19.4. The van der Waals surface area contributed by atoms with Crippen molar-refractivity contribution in [2.24, 2.45) is 5.92 Å². The number of aryl methyl sites for hydroxylation is 1. The van der Waals surface area contributed by atoms with E-state index in [1.165, 1.54) is 25.7 Å². The van der Waals surface area contributed by atoms with Gasteiger partial charge in [-0.15, -0.1) is 0 Å². The Morgan fingerprint density at radius 1 is 0.690 bits per heavy atom. The molecule has 1 unspecified atom stereocenters. The molecule has 0 fully saturated rings. The molecule has 3 aromatic rings. The highest BCUT2D eigenvalue weighted by molar-refractivity contribution is 5.74. The molecule has 0 radical (unpaired) electrons. The normalized spacial score (nSPS) is 15.4. The molecule has 0 spiro atoms. The Bertz CT molecular complexity index is 1370. The van der Waals surface area contributed by atoms with Gasteiger partial charge >= 0.3 is 0 Å². The molecule has 4 rings (SSSR count). The van der Waals surface area contributed by atoms with Gasteiger partial charge in [0.05, 0.1) is 0 Å². The number of benzene rings is 3. The summed E-state index contributed by atoms with van der Waals surface area (Å²) in [5, 5.41) is 0. The van der Waals surface area contributed by atoms with Crippen LogP contribution in [0.2, 0.25) is 0 Å². The van der Waals surface area contributed by atoms with Gasteiger partial charge in [-0.05, 0) is 80.1 Å². The minimum Gasteiger partial charge on any atom is -0.203 e. The quantitative estimate of drug-likeness (QED) is 0.102. The molecular formula is C38H44F4. The van der Waals surface area contributed by atoms with E-state index in [1.54, 1.807) is 48.5 Å². The van der Waals surface area contributed by atoms with Gasteiger partial charge in [-0.25, -0.2) is 17.6 Å². The van der Waals surface area contributed by atoms with Crippen LogP contribution in [0.5, 0.6) is 0 Å². The molecule has 0 aromatic heterocycles. The molecule has 1 atom stereocenters. The highest BCUT2D eigenvalue weighted by Crippen LogP contribution is 2.37. The minimum absolute atomic E-state index is 0.153. The van der Waals surface area contributed by atoms with Gasteiger partial charge in [-0.1, -0.05) is 112 Å².